The summed E-state index contributed by atoms with van der Waals surface area (Å²) in [4.78, 5) is 4.86. The van der Waals surface area contributed by atoms with Crippen molar-refractivity contribution in [1.82, 2.24) is 9.80 Å². The van der Waals surface area contributed by atoms with Gasteiger partial charge in [0.15, 0.2) is 0 Å². The molecular weight excluding hydrogens is 246 g/mol. The van der Waals surface area contributed by atoms with Crippen LogP contribution < -0.4 is 5.73 Å². The fourth-order valence-corrected chi connectivity index (χ4v) is 3.27. The molecular formula is C17H29N3. The van der Waals surface area contributed by atoms with Gasteiger partial charge in [0.05, 0.1) is 0 Å². The van der Waals surface area contributed by atoms with Crippen molar-refractivity contribution in [2.45, 2.75) is 38.8 Å². The Morgan fingerprint density at radius 1 is 1.35 bits per heavy atom. The van der Waals surface area contributed by atoms with Gasteiger partial charge >= 0.3 is 0 Å². The molecule has 1 aliphatic heterocycles. The summed E-state index contributed by atoms with van der Waals surface area (Å²) in [5.74, 6) is 0. The van der Waals surface area contributed by atoms with Gasteiger partial charge in [-0.1, -0.05) is 23.8 Å². The number of hydrogen-bond acceptors (Lipinski definition) is 3. The number of rotatable bonds is 5. The van der Waals surface area contributed by atoms with Crippen molar-refractivity contribution in [1.29, 1.82) is 0 Å². The van der Waals surface area contributed by atoms with Crippen LogP contribution in [0, 0.1) is 13.8 Å². The fourth-order valence-electron chi connectivity index (χ4n) is 3.27. The maximum Gasteiger partial charge on any atom is 0.0427 e. The quantitative estimate of drug-likeness (QED) is 0.895. The van der Waals surface area contributed by atoms with Gasteiger partial charge in [-0.25, -0.2) is 0 Å². The second-order valence-electron chi connectivity index (χ2n) is 6.52. The highest BCUT2D eigenvalue weighted by Crippen LogP contribution is 2.23. The number of benzene rings is 1. The summed E-state index contributed by atoms with van der Waals surface area (Å²) in [6.07, 6.45) is 2.61. The summed E-state index contributed by atoms with van der Waals surface area (Å²) in [7, 11) is 4.31. The van der Waals surface area contributed by atoms with E-state index in [1.807, 2.05) is 0 Å². The third kappa shape index (κ3) is 3.81. The highest BCUT2D eigenvalue weighted by molar-refractivity contribution is 5.33. The first-order chi connectivity index (χ1) is 9.47. The van der Waals surface area contributed by atoms with Crippen LogP contribution in [0.5, 0.6) is 0 Å². The fraction of sp³-hybridized carbons (Fsp3) is 0.647. The van der Waals surface area contributed by atoms with Gasteiger partial charge in [-0.05, 0) is 58.5 Å². The molecule has 3 nitrogen and oxygen atoms in total. The lowest BCUT2D eigenvalue weighted by Crippen LogP contribution is -2.41. The molecule has 2 atom stereocenters. The van der Waals surface area contributed by atoms with E-state index < -0.39 is 0 Å². The smallest absolute Gasteiger partial charge is 0.0427 e. The SMILES string of the molecule is Cc1ccc(C)c(C(N)CN2CCCC2CN(C)C)c1. The van der Waals surface area contributed by atoms with E-state index in [0.717, 1.165) is 13.1 Å². The van der Waals surface area contributed by atoms with Crippen LogP contribution in [0.4, 0.5) is 0 Å². The van der Waals surface area contributed by atoms with E-state index in [1.165, 1.54) is 36.1 Å². The lowest BCUT2D eigenvalue weighted by atomic mass is 9.99. The normalized spacial score (nSPS) is 21.6. The van der Waals surface area contributed by atoms with Crippen LogP contribution in [-0.2, 0) is 0 Å². The van der Waals surface area contributed by atoms with Crippen LogP contribution in [0.3, 0.4) is 0 Å². The molecule has 2 N–H and O–H groups in total. The maximum atomic E-state index is 6.48. The van der Waals surface area contributed by atoms with Crippen LogP contribution in [0.1, 0.15) is 35.6 Å². The monoisotopic (exact) mass is 275 g/mol. The number of likely N-dealkylation sites (tertiary alicyclic amines) is 1. The molecule has 1 aliphatic rings. The molecule has 0 amide bonds. The molecule has 20 heavy (non-hydrogen) atoms. The Kier molecular flexibility index (Phi) is 5.19. The minimum Gasteiger partial charge on any atom is -0.323 e. The van der Waals surface area contributed by atoms with Gasteiger partial charge in [0.25, 0.3) is 0 Å². The largest absolute Gasteiger partial charge is 0.323 e. The summed E-state index contributed by atoms with van der Waals surface area (Å²) in [5.41, 5.74) is 10.4. The molecule has 1 saturated heterocycles. The first-order valence-electron chi connectivity index (χ1n) is 7.69. The third-order valence-electron chi connectivity index (χ3n) is 4.34. The zero-order valence-corrected chi connectivity index (χ0v) is 13.4. The Morgan fingerprint density at radius 2 is 2.10 bits per heavy atom. The second-order valence-corrected chi connectivity index (χ2v) is 6.52. The number of nitrogens with zero attached hydrogens (tertiary/aromatic N) is 2. The van der Waals surface area contributed by atoms with E-state index in [4.69, 9.17) is 5.73 Å². The van der Waals surface area contributed by atoms with Gasteiger partial charge in [0, 0.05) is 25.2 Å². The average Bonchev–Trinajstić information content (AvgIpc) is 2.78. The third-order valence-corrected chi connectivity index (χ3v) is 4.34. The predicted octanol–water partition coefficient (Wildman–Crippen LogP) is 2.33. The van der Waals surface area contributed by atoms with Crippen molar-refractivity contribution < 1.29 is 0 Å². The molecule has 2 rings (SSSR count). The van der Waals surface area contributed by atoms with Gasteiger partial charge in [-0.2, -0.15) is 0 Å². The van der Waals surface area contributed by atoms with E-state index in [-0.39, 0.29) is 6.04 Å². The van der Waals surface area contributed by atoms with Crippen molar-refractivity contribution >= 4 is 0 Å². The van der Waals surface area contributed by atoms with Crippen LogP contribution in [0.2, 0.25) is 0 Å². The minimum absolute atomic E-state index is 0.123. The van der Waals surface area contributed by atoms with Gasteiger partial charge < -0.3 is 10.6 Å². The zero-order valence-electron chi connectivity index (χ0n) is 13.4. The van der Waals surface area contributed by atoms with Crippen LogP contribution in [-0.4, -0.2) is 49.6 Å². The summed E-state index contributed by atoms with van der Waals surface area (Å²) in [6.45, 7) is 7.61. The van der Waals surface area contributed by atoms with Gasteiger partial charge in [0.1, 0.15) is 0 Å². The van der Waals surface area contributed by atoms with Crippen molar-refractivity contribution in [3.63, 3.8) is 0 Å². The molecule has 0 spiro atoms. The lowest BCUT2D eigenvalue weighted by molar-refractivity contribution is 0.198. The summed E-state index contributed by atoms with van der Waals surface area (Å²) >= 11 is 0. The van der Waals surface area contributed by atoms with E-state index in [9.17, 15) is 0 Å². The highest BCUT2D eigenvalue weighted by Gasteiger charge is 2.26. The number of likely N-dealkylation sites (N-methyl/N-ethyl adjacent to an activating group) is 1. The Bertz CT molecular complexity index is 442. The summed E-state index contributed by atoms with van der Waals surface area (Å²) in [6, 6.07) is 7.39. The summed E-state index contributed by atoms with van der Waals surface area (Å²) < 4.78 is 0. The molecule has 0 bridgehead atoms. The lowest BCUT2D eigenvalue weighted by Gasteiger charge is -2.30. The Labute approximate surface area is 123 Å². The van der Waals surface area contributed by atoms with E-state index in [2.05, 4.69) is 55.9 Å². The first-order valence-corrected chi connectivity index (χ1v) is 7.69. The molecule has 0 radical (unpaired) electrons. The zero-order chi connectivity index (χ0) is 14.7. The van der Waals surface area contributed by atoms with E-state index in [1.54, 1.807) is 0 Å². The van der Waals surface area contributed by atoms with E-state index >= 15 is 0 Å². The van der Waals surface area contributed by atoms with Crippen LogP contribution in [0.25, 0.3) is 0 Å². The maximum absolute atomic E-state index is 6.48. The topological polar surface area (TPSA) is 32.5 Å². The number of nitrogens with two attached hydrogens (primary N) is 1. The molecule has 112 valence electrons. The summed E-state index contributed by atoms with van der Waals surface area (Å²) in [5, 5.41) is 0. The van der Waals surface area contributed by atoms with E-state index in [0.29, 0.717) is 6.04 Å². The second kappa shape index (κ2) is 6.70. The van der Waals surface area contributed by atoms with Crippen molar-refractivity contribution in [3.05, 3.63) is 34.9 Å². The molecule has 1 aromatic rings. The van der Waals surface area contributed by atoms with Crippen LogP contribution >= 0.6 is 0 Å². The van der Waals surface area contributed by atoms with Crippen molar-refractivity contribution in [2.75, 3.05) is 33.7 Å². The molecule has 1 fully saturated rings. The molecule has 0 aromatic heterocycles. The Balaban J connectivity index is 2.03. The Hall–Kier alpha value is -0.900. The van der Waals surface area contributed by atoms with Gasteiger partial charge in [-0.3, -0.25) is 4.90 Å². The minimum atomic E-state index is 0.123. The van der Waals surface area contributed by atoms with Crippen molar-refractivity contribution in [3.8, 4) is 0 Å². The molecule has 2 unspecified atom stereocenters. The van der Waals surface area contributed by atoms with Crippen LogP contribution in [0.15, 0.2) is 18.2 Å². The highest BCUT2D eigenvalue weighted by atomic mass is 15.2. The number of aryl methyl sites for hydroxylation is 2. The standard InChI is InChI=1S/C17H29N3/c1-13-7-8-14(2)16(10-13)17(18)12-20-9-5-6-15(20)11-19(3)4/h7-8,10,15,17H,5-6,9,11-12,18H2,1-4H3. The first kappa shape index (κ1) is 15.5. The molecule has 1 heterocycles. The molecule has 0 saturated carbocycles. The molecule has 3 heteroatoms. The van der Waals surface area contributed by atoms with Gasteiger partial charge in [-0.15, -0.1) is 0 Å². The average molecular weight is 275 g/mol. The van der Waals surface area contributed by atoms with Crippen molar-refractivity contribution in [2.24, 2.45) is 5.73 Å². The van der Waals surface area contributed by atoms with Gasteiger partial charge in [0.2, 0.25) is 0 Å². The molecule has 1 aromatic carbocycles. The Morgan fingerprint density at radius 3 is 2.80 bits per heavy atom. The number of hydrogen-bond donors (Lipinski definition) is 1. The molecule has 0 aliphatic carbocycles. The predicted molar refractivity (Wildman–Crippen MR) is 86.0 cm³/mol.